The second kappa shape index (κ2) is 10.4. The number of benzene rings is 2. The molecule has 4 aliphatic rings. The molecule has 0 saturated carbocycles. The highest BCUT2D eigenvalue weighted by Crippen LogP contribution is 2.33. The third kappa shape index (κ3) is 5.24. The van der Waals surface area contributed by atoms with E-state index in [0.717, 1.165) is 44.7 Å². The highest BCUT2D eigenvalue weighted by atomic mass is 35.5. The molecule has 4 saturated heterocycles. The largest absolute Gasteiger partial charge is 0.335 e. The normalized spacial score (nSPS) is 26.4. The van der Waals surface area contributed by atoms with Crippen LogP contribution in [0.5, 0.6) is 0 Å². The molecule has 2 aromatic carbocycles. The number of halogens is 2. The molecule has 0 spiro atoms. The molecule has 4 aliphatic heterocycles. The van der Waals surface area contributed by atoms with Crippen molar-refractivity contribution in [3.63, 3.8) is 0 Å². The molecule has 0 unspecified atom stereocenters. The van der Waals surface area contributed by atoms with Gasteiger partial charge in [-0.2, -0.15) is 0 Å². The van der Waals surface area contributed by atoms with Crippen LogP contribution in [-0.4, -0.2) is 64.9 Å². The molecule has 0 aromatic heterocycles. The molecule has 4 heterocycles. The van der Waals surface area contributed by atoms with Crippen molar-refractivity contribution >= 4 is 29.1 Å². The number of carbonyl (C=O) groups excluding carboxylic acids is 1. The Morgan fingerprint density at radius 1 is 0.848 bits per heavy atom. The highest BCUT2D eigenvalue weighted by molar-refractivity contribution is 6.42. The lowest BCUT2D eigenvalue weighted by Crippen LogP contribution is -2.66. The summed E-state index contributed by atoms with van der Waals surface area (Å²) in [5.74, 6) is 0.217. The zero-order valence-corrected chi connectivity index (χ0v) is 20.6. The average molecular weight is 486 g/mol. The van der Waals surface area contributed by atoms with Crippen LogP contribution in [0.3, 0.4) is 0 Å². The van der Waals surface area contributed by atoms with Crippen molar-refractivity contribution < 1.29 is 4.79 Å². The first-order valence-corrected chi connectivity index (χ1v) is 13.1. The second-order valence-corrected chi connectivity index (χ2v) is 10.7. The summed E-state index contributed by atoms with van der Waals surface area (Å²) in [4.78, 5) is 21.2. The summed E-state index contributed by atoms with van der Waals surface area (Å²) in [5.41, 5.74) is 2.29. The van der Waals surface area contributed by atoms with Gasteiger partial charge in [0, 0.05) is 31.7 Å². The lowest BCUT2D eigenvalue weighted by atomic mass is 9.87. The number of hydrogen-bond acceptors (Lipinski definition) is 3. The van der Waals surface area contributed by atoms with Crippen LogP contribution in [-0.2, 0) is 17.8 Å². The van der Waals surface area contributed by atoms with Crippen LogP contribution in [0.4, 0.5) is 0 Å². The van der Waals surface area contributed by atoms with Crippen LogP contribution in [0.15, 0.2) is 48.5 Å². The van der Waals surface area contributed by atoms with Crippen LogP contribution < -0.4 is 0 Å². The maximum atomic E-state index is 13.7. The molecule has 0 N–H and O–H groups in total. The van der Waals surface area contributed by atoms with E-state index in [1.807, 2.05) is 12.1 Å². The smallest absolute Gasteiger partial charge is 0.227 e. The first-order chi connectivity index (χ1) is 16.1. The second-order valence-electron chi connectivity index (χ2n) is 9.85. The Hall–Kier alpha value is -1.59. The number of carbonyl (C=O) groups is 1. The Labute approximate surface area is 207 Å². The van der Waals surface area contributed by atoms with E-state index in [1.54, 1.807) is 6.07 Å². The van der Waals surface area contributed by atoms with Crippen molar-refractivity contribution in [1.82, 2.24) is 14.7 Å². The first-order valence-electron chi connectivity index (χ1n) is 12.3. The SMILES string of the molecule is O=C(Cc1ccc(Cl)c(Cl)c1)N1C[C@H]2CCC[C@H](N3CCCC3)[C@@H]1CN2Cc1ccccc1. The molecule has 6 heteroatoms. The lowest BCUT2D eigenvalue weighted by Gasteiger charge is -2.52. The van der Waals surface area contributed by atoms with Gasteiger partial charge in [-0.05, 0) is 62.0 Å². The minimum Gasteiger partial charge on any atom is -0.335 e. The van der Waals surface area contributed by atoms with Gasteiger partial charge in [0.2, 0.25) is 5.91 Å². The van der Waals surface area contributed by atoms with Gasteiger partial charge in [0.15, 0.2) is 0 Å². The zero-order chi connectivity index (χ0) is 22.8. The molecular weight excluding hydrogens is 453 g/mol. The summed E-state index contributed by atoms with van der Waals surface area (Å²) in [7, 11) is 0. The molecule has 0 aliphatic carbocycles. The number of hydrogen-bond donors (Lipinski definition) is 0. The van der Waals surface area contributed by atoms with Crippen LogP contribution in [0.25, 0.3) is 0 Å². The van der Waals surface area contributed by atoms with Crippen molar-refractivity contribution in [3.8, 4) is 0 Å². The predicted molar refractivity (Wildman–Crippen MR) is 135 cm³/mol. The maximum absolute atomic E-state index is 13.7. The van der Waals surface area contributed by atoms with Crippen LogP contribution >= 0.6 is 23.2 Å². The van der Waals surface area contributed by atoms with Crippen LogP contribution in [0.1, 0.15) is 43.2 Å². The summed E-state index contributed by atoms with van der Waals surface area (Å²) < 4.78 is 0. The van der Waals surface area contributed by atoms with E-state index in [9.17, 15) is 4.79 Å². The molecular formula is C27H33Cl2N3O. The Kier molecular flexibility index (Phi) is 7.27. The van der Waals surface area contributed by atoms with E-state index in [1.165, 1.54) is 31.2 Å². The fourth-order valence-corrected chi connectivity index (χ4v) is 6.37. The fourth-order valence-electron chi connectivity index (χ4n) is 6.05. The summed E-state index contributed by atoms with van der Waals surface area (Å²) in [6, 6.07) is 17.4. The summed E-state index contributed by atoms with van der Waals surface area (Å²) in [6.07, 6.45) is 6.51. The molecule has 6 rings (SSSR count). The summed E-state index contributed by atoms with van der Waals surface area (Å²) in [6.45, 7) is 5.07. The quantitative estimate of drug-likeness (QED) is 0.577. The number of fused-ring (bicyclic) bond motifs is 5. The Bertz CT molecular complexity index is 963. The first kappa shape index (κ1) is 23.2. The molecule has 3 atom stereocenters. The topological polar surface area (TPSA) is 26.8 Å². The van der Waals surface area contributed by atoms with Gasteiger partial charge in [0.05, 0.1) is 22.5 Å². The third-order valence-electron chi connectivity index (χ3n) is 7.73. The van der Waals surface area contributed by atoms with E-state index in [-0.39, 0.29) is 11.9 Å². The molecule has 0 radical (unpaired) electrons. The van der Waals surface area contributed by atoms with Crippen LogP contribution in [0, 0.1) is 0 Å². The number of rotatable bonds is 5. The summed E-state index contributed by atoms with van der Waals surface area (Å²) in [5, 5.41) is 1.05. The van der Waals surface area contributed by atoms with Crippen molar-refractivity contribution in [2.75, 3.05) is 26.2 Å². The van der Waals surface area contributed by atoms with Gasteiger partial charge in [-0.1, -0.05) is 66.0 Å². The van der Waals surface area contributed by atoms with E-state index in [2.05, 4.69) is 45.0 Å². The van der Waals surface area contributed by atoms with Gasteiger partial charge in [0.1, 0.15) is 0 Å². The Morgan fingerprint density at radius 2 is 1.64 bits per heavy atom. The zero-order valence-electron chi connectivity index (χ0n) is 19.1. The van der Waals surface area contributed by atoms with Gasteiger partial charge in [-0.25, -0.2) is 0 Å². The van der Waals surface area contributed by atoms with Crippen molar-refractivity contribution in [3.05, 3.63) is 69.7 Å². The van der Waals surface area contributed by atoms with Gasteiger partial charge >= 0.3 is 0 Å². The number of piperazine rings is 1. The molecule has 4 fully saturated rings. The molecule has 4 nitrogen and oxygen atoms in total. The predicted octanol–water partition coefficient (Wildman–Crippen LogP) is 5.27. The van der Waals surface area contributed by atoms with Gasteiger partial charge in [-0.15, -0.1) is 0 Å². The third-order valence-corrected chi connectivity index (χ3v) is 8.46. The van der Waals surface area contributed by atoms with Crippen molar-refractivity contribution in [2.45, 2.75) is 63.2 Å². The molecule has 1 amide bonds. The lowest BCUT2D eigenvalue weighted by molar-refractivity contribution is -0.141. The molecule has 2 aromatic rings. The van der Waals surface area contributed by atoms with E-state index in [0.29, 0.717) is 28.5 Å². The number of amides is 1. The van der Waals surface area contributed by atoms with Crippen LogP contribution in [0.2, 0.25) is 10.0 Å². The fraction of sp³-hybridized carbons (Fsp3) is 0.519. The van der Waals surface area contributed by atoms with Gasteiger partial charge in [0.25, 0.3) is 0 Å². The number of likely N-dealkylation sites (tertiary alicyclic amines) is 1. The minimum absolute atomic E-state index is 0.217. The van der Waals surface area contributed by atoms with Crippen molar-refractivity contribution in [2.24, 2.45) is 0 Å². The molecule has 2 bridgehead atoms. The standard InChI is InChI=1S/C27H33Cl2N3O/c28-23-12-11-21(15-24(23)29)16-27(33)32-18-22-9-6-10-25(30-13-4-5-14-30)26(32)19-31(22)17-20-7-2-1-3-8-20/h1-3,7-8,11-12,15,22,25-26H,4-6,9-10,13-14,16-19H2/t22-,25+,26+/m1/s1. The Morgan fingerprint density at radius 3 is 2.39 bits per heavy atom. The molecule has 33 heavy (non-hydrogen) atoms. The van der Waals surface area contributed by atoms with E-state index < -0.39 is 0 Å². The van der Waals surface area contributed by atoms with E-state index >= 15 is 0 Å². The van der Waals surface area contributed by atoms with Gasteiger partial charge in [-0.3, -0.25) is 14.6 Å². The monoisotopic (exact) mass is 485 g/mol. The maximum Gasteiger partial charge on any atom is 0.227 e. The minimum atomic E-state index is 0.217. The number of nitrogens with zero attached hydrogens (tertiary/aromatic N) is 3. The highest BCUT2D eigenvalue weighted by Gasteiger charge is 2.43. The summed E-state index contributed by atoms with van der Waals surface area (Å²) >= 11 is 12.3. The average Bonchev–Trinajstić information content (AvgIpc) is 3.32. The van der Waals surface area contributed by atoms with E-state index in [4.69, 9.17) is 23.2 Å². The van der Waals surface area contributed by atoms with Crippen molar-refractivity contribution in [1.29, 1.82) is 0 Å². The van der Waals surface area contributed by atoms with Gasteiger partial charge < -0.3 is 4.90 Å². The molecule has 176 valence electrons. The Balaban J connectivity index is 1.39.